The summed E-state index contributed by atoms with van der Waals surface area (Å²) in [4.78, 5) is 13.6. The maximum Gasteiger partial charge on any atom is 0.258 e. The molecule has 1 amide bonds. The van der Waals surface area contributed by atoms with Crippen LogP contribution in [-0.2, 0) is 9.53 Å². The molecule has 21 heavy (non-hydrogen) atoms. The van der Waals surface area contributed by atoms with Crippen molar-refractivity contribution < 1.29 is 29.6 Å². The van der Waals surface area contributed by atoms with Gasteiger partial charge in [-0.2, -0.15) is 0 Å². The van der Waals surface area contributed by atoms with Crippen molar-refractivity contribution in [1.29, 1.82) is 0 Å². The second-order valence-electron chi connectivity index (χ2n) is 4.41. The number of carbonyl (C=O) groups is 1. The van der Waals surface area contributed by atoms with Crippen LogP contribution in [0.2, 0.25) is 0 Å². The van der Waals surface area contributed by atoms with Crippen LogP contribution < -0.4 is 9.64 Å². The second-order valence-corrected chi connectivity index (χ2v) is 4.41. The van der Waals surface area contributed by atoms with E-state index in [4.69, 9.17) is 14.6 Å². The number of anilines is 1. The summed E-state index contributed by atoms with van der Waals surface area (Å²) in [6.07, 6.45) is -3.25. The molecule has 3 N–H and O–H groups in total. The number of carbonyl (C=O) groups excluding carboxylic acids is 1. The molecule has 7 heteroatoms. The number of aliphatic hydroxyl groups is 3. The third-order valence-corrected chi connectivity index (χ3v) is 3.17. The first-order valence-corrected chi connectivity index (χ1v) is 6.38. The standard InChI is InChI=1S/C13H17NO5.CH4O/c1-14(8-4-3-5-9(6-8)18-2)13(17)12-11(16)10(15)7-19-12;1-2/h3-6,10-12,15-16H,7H2,1-2H3;2H,1H3. The topological polar surface area (TPSA) is 99.5 Å². The monoisotopic (exact) mass is 299 g/mol. The van der Waals surface area contributed by atoms with E-state index in [1.165, 1.54) is 4.90 Å². The van der Waals surface area contributed by atoms with Gasteiger partial charge >= 0.3 is 0 Å². The molecular formula is C14H21NO6. The number of methoxy groups -OCH3 is 1. The van der Waals surface area contributed by atoms with Gasteiger partial charge in [0.15, 0.2) is 6.10 Å². The molecule has 2 rings (SSSR count). The van der Waals surface area contributed by atoms with Crippen LogP contribution in [0, 0.1) is 0 Å². The molecule has 3 unspecified atom stereocenters. The van der Waals surface area contributed by atoms with E-state index in [2.05, 4.69) is 0 Å². The molecule has 3 atom stereocenters. The molecule has 118 valence electrons. The second kappa shape index (κ2) is 7.94. The average Bonchev–Trinajstić information content (AvgIpc) is 2.87. The van der Waals surface area contributed by atoms with Crippen LogP contribution in [0.4, 0.5) is 5.69 Å². The number of nitrogens with zero attached hydrogens (tertiary/aromatic N) is 1. The van der Waals surface area contributed by atoms with Crippen LogP contribution in [0.15, 0.2) is 24.3 Å². The summed E-state index contributed by atoms with van der Waals surface area (Å²) in [5.74, 6) is 0.224. The van der Waals surface area contributed by atoms with Crippen molar-refractivity contribution in [2.45, 2.75) is 18.3 Å². The Morgan fingerprint density at radius 1 is 1.38 bits per heavy atom. The lowest BCUT2D eigenvalue weighted by molar-refractivity contribution is -0.130. The summed E-state index contributed by atoms with van der Waals surface area (Å²) in [5.41, 5.74) is 0.626. The van der Waals surface area contributed by atoms with Crippen LogP contribution in [-0.4, -0.2) is 67.4 Å². The van der Waals surface area contributed by atoms with Gasteiger partial charge in [0, 0.05) is 25.9 Å². The summed E-state index contributed by atoms with van der Waals surface area (Å²) < 4.78 is 10.2. The van der Waals surface area contributed by atoms with Crippen molar-refractivity contribution in [2.24, 2.45) is 0 Å². The van der Waals surface area contributed by atoms with Gasteiger partial charge in [0.2, 0.25) is 0 Å². The molecule has 0 radical (unpaired) electrons. The number of ether oxygens (including phenoxy) is 2. The largest absolute Gasteiger partial charge is 0.497 e. The lowest BCUT2D eigenvalue weighted by atomic mass is 10.1. The third-order valence-electron chi connectivity index (χ3n) is 3.17. The first kappa shape index (κ1) is 17.4. The Morgan fingerprint density at radius 3 is 2.57 bits per heavy atom. The minimum Gasteiger partial charge on any atom is -0.497 e. The fourth-order valence-electron chi connectivity index (χ4n) is 1.96. The molecule has 0 aromatic heterocycles. The molecule has 1 fully saturated rings. The van der Waals surface area contributed by atoms with Gasteiger partial charge in [0.25, 0.3) is 5.91 Å². The van der Waals surface area contributed by atoms with Crippen LogP contribution in [0.3, 0.4) is 0 Å². The smallest absolute Gasteiger partial charge is 0.258 e. The van der Waals surface area contributed by atoms with Crippen LogP contribution in [0.1, 0.15) is 0 Å². The molecule has 0 spiro atoms. The maximum absolute atomic E-state index is 12.2. The van der Waals surface area contributed by atoms with E-state index < -0.39 is 24.2 Å². The Morgan fingerprint density at radius 2 is 2.05 bits per heavy atom. The van der Waals surface area contributed by atoms with Gasteiger partial charge in [0.1, 0.15) is 18.0 Å². The lowest BCUT2D eigenvalue weighted by Gasteiger charge is -2.23. The van der Waals surface area contributed by atoms with E-state index in [0.29, 0.717) is 11.4 Å². The fraction of sp³-hybridized carbons (Fsp3) is 0.500. The van der Waals surface area contributed by atoms with Gasteiger partial charge in [-0.1, -0.05) is 6.07 Å². The number of hydrogen-bond donors (Lipinski definition) is 3. The molecule has 1 heterocycles. The SMILES string of the molecule is CO.COc1cccc(N(C)C(=O)C2OCC(O)C2O)c1. The molecule has 1 aliphatic rings. The predicted molar refractivity (Wildman–Crippen MR) is 76.3 cm³/mol. The summed E-state index contributed by atoms with van der Waals surface area (Å²) in [6.45, 7) is -0.0382. The highest BCUT2D eigenvalue weighted by Crippen LogP contribution is 2.23. The highest BCUT2D eigenvalue weighted by atomic mass is 16.5. The van der Waals surface area contributed by atoms with E-state index in [1.807, 2.05) is 0 Å². The Kier molecular flexibility index (Phi) is 6.57. The van der Waals surface area contributed by atoms with E-state index in [-0.39, 0.29) is 6.61 Å². The maximum atomic E-state index is 12.2. The summed E-state index contributed by atoms with van der Waals surface area (Å²) in [7, 11) is 4.12. The van der Waals surface area contributed by atoms with Crippen molar-refractivity contribution in [2.75, 3.05) is 32.8 Å². The zero-order chi connectivity index (χ0) is 16.0. The number of amides is 1. The van der Waals surface area contributed by atoms with Gasteiger partial charge in [-0.05, 0) is 12.1 Å². The highest BCUT2D eigenvalue weighted by molar-refractivity contribution is 5.96. The molecular weight excluding hydrogens is 278 g/mol. The molecule has 0 bridgehead atoms. The summed E-state index contributed by atoms with van der Waals surface area (Å²) in [6, 6.07) is 6.99. The molecule has 1 aliphatic heterocycles. The molecule has 1 aromatic rings. The first-order chi connectivity index (χ1) is 10.0. The minimum absolute atomic E-state index is 0.0382. The van der Waals surface area contributed by atoms with Crippen molar-refractivity contribution >= 4 is 11.6 Å². The van der Waals surface area contributed by atoms with Crippen LogP contribution in [0.25, 0.3) is 0 Å². The summed E-state index contributed by atoms with van der Waals surface area (Å²) >= 11 is 0. The quantitative estimate of drug-likeness (QED) is 0.688. The number of aliphatic hydroxyl groups excluding tert-OH is 3. The molecule has 1 saturated heterocycles. The van der Waals surface area contributed by atoms with Gasteiger partial charge in [-0.3, -0.25) is 4.79 Å². The Labute approximate surface area is 123 Å². The Balaban J connectivity index is 0.00000106. The Hall–Kier alpha value is -1.67. The molecule has 0 aliphatic carbocycles. The number of likely N-dealkylation sites (N-methyl/N-ethyl adjacent to an activating group) is 1. The van der Waals surface area contributed by atoms with E-state index in [1.54, 1.807) is 38.4 Å². The fourth-order valence-corrected chi connectivity index (χ4v) is 1.96. The van der Waals surface area contributed by atoms with Gasteiger partial charge in [-0.25, -0.2) is 0 Å². The number of hydrogen-bond acceptors (Lipinski definition) is 6. The van der Waals surface area contributed by atoms with E-state index in [0.717, 1.165) is 7.11 Å². The zero-order valence-electron chi connectivity index (χ0n) is 12.3. The molecule has 7 nitrogen and oxygen atoms in total. The predicted octanol–water partition coefficient (Wildman–Crippen LogP) is -0.613. The van der Waals surface area contributed by atoms with E-state index >= 15 is 0 Å². The number of rotatable bonds is 3. The lowest BCUT2D eigenvalue weighted by Crippen LogP contribution is -2.43. The normalized spacial score (nSPS) is 24.0. The van der Waals surface area contributed by atoms with Gasteiger partial charge in [-0.15, -0.1) is 0 Å². The number of benzene rings is 1. The van der Waals surface area contributed by atoms with E-state index in [9.17, 15) is 15.0 Å². The minimum atomic E-state index is -1.19. The Bertz CT molecular complexity index is 467. The summed E-state index contributed by atoms with van der Waals surface area (Å²) in [5, 5.41) is 26.1. The van der Waals surface area contributed by atoms with Crippen LogP contribution in [0.5, 0.6) is 5.75 Å². The molecule has 0 saturated carbocycles. The highest BCUT2D eigenvalue weighted by Gasteiger charge is 2.41. The average molecular weight is 299 g/mol. The van der Waals surface area contributed by atoms with Gasteiger partial charge in [0.05, 0.1) is 13.7 Å². The van der Waals surface area contributed by atoms with Crippen molar-refractivity contribution in [3.63, 3.8) is 0 Å². The van der Waals surface area contributed by atoms with Crippen LogP contribution >= 0.6 is 0 Å². The molecule has 1 aromatic carbocycles. The first-order valence-electron chi connectivity index (χ1n) is 6.38. The third kappa shape index (κ3) is 3.92. The van der Waals surface area contributed by atoms with Gasteiger partial charge < -0.3 is 29.7 Å². The zero-order valence-corrected chi connectivity index (χ0v) is 12.3. The van der Waals surface area contributed by atoms with Crippen molar-refractivity contribution in [3.05, 3.63) is 24.3 Å². The van der Waals surface area contributed by atoms with Crippen molar-refractivity contribution in [1.82, 2.24) is 0 Å². The van der Waals surface area contributed by atoms with Crippen molar-refractivity contribution in [3.8, 4) is 5.75 Å².